The average Bonchev–Trinajstić information content (AvgIpc) is 3.23. The van der Waals surface area contributed by atoms with Gasteiger partial charge in [-0.3, -0.25) is 4.79 Å². The Balaban J connectivity index is 1.14. The Morgan fingerprint density at radius 1 is 0.919 bits per heavy atom. The molecule has 1 aliphatic rings. The second kappa shape index (κ2) is 10.0. The first-order valence-electron chi connectivity index (χ1n) is 11.9. The van der Waals surface area contributed by atoms with Crippen LogP contribution in [0.1, 0.15) is 21.6 Å². The molecule has 0 bridgehead atoms. The molecule has 37 heavy (non-hydrogen) atoms. The van der Waals surface area contributed by atoms with Gasteiger partial charge < -0.3 is 19.9 Å². The van der Waals surface area contributed by atoms with Crippen LogP contribution in [-0.2, 0) is 6.54 Å². The van der Waals surface area contributed by atoms with Crippen molar-refractivity contribution in [2.75, 3.05) is 36.0 Å². The monoisotopic (exact) mass is 509 g/mol. The first kappa shape index (κ1) is 24.5. The number of nitrogens with one attached hydrogen (secondary N) is 1. The lowest BCUT2D eigenvalue weighted by Crippen LogP contribution is -2.46. The van der Waals surface area contributed by atoms with E-state index in [0.717, 1.165) is 48.6 Å². The van der Waals surface area contributed by atoms with Crippen molar-refractivity contribution in [1.29, 1.82) is 0 Å². The maximum atomic E-state index is 12.8. The van der Waals surface area contributed by atoms with Gasteiger partial charge in [-0.15, -0.1) is 13.2 Å². The molecule has 0 atom stereocenters. The molecule has 1 saturated heterocycles. The van der Waals surface area contributed by atoms with Crippen LogP contribution in [0.2, 0.25) is 0 Å². The molecule has 4 aromatic rings. The zero-order chi connectivity index (χ0) is 26.0. The lowest BCUT2D eigenvalue weighted by Gasteiger charge is -2.37. The number of carbonyl (C=O) groups is 1. The molecular weight excluding hydrogens is 483 g/mol. The number of benzene rings is 2. The molecule has 0 spiro atoms. The normalized spacial score (nSPS) is 14.2. The molecular formula is C27H26F3N5O2. The Labute approximate surface area is 212 Å². The number of pyridine rings is 1. The number of carbonyl (C=O) groups excluding carboxylic acids is 1. The topological polar surface area (TPSA) is 62.1 Å². The first-order valence-corrected chi connectivity index (χ1v) is 11.9. The van der Waals surface area contributed by atoms with E-state index >= 15 is 0 Å². The molecule has 3 heterocycles. The summed E-state index contributed by atoms with van der Waals surface area (Å²) in [5, 5.41) is 7.38. The van der Waals surface area contributed by atoms with Crippen LogP contribution in [0.5, 0.6) is 5.75 Å². The number of piperazine rings is 1. The van der Waals surface area contributed by atoms with E-state index in [0.29, 0.717) is 17.8 Å². The second-order valence-electron chi connectivity index (χ2n) is 8.86. The Hall–Kier alpha value is -4.21. The maximum Gasteiger partial charge on any atom is 0.573 e. The fraction of sp³-hybridized carbons (Fsp3) is 0.259. The quantitative estimate of drug-likeness (QED) is 0.405. The first-order chi connectivity index (χ1) is 17.8. The number of rotatable bonds is 6. The Bertz CT molecular complexity index is 1380. The van der Waals surface area contributed by atoms with Gasteiger partial charge in [0.05, 0.1) is 16.8 Å². The van der Waals surface area contributed by atoms with E-state index in [-0.39, 0.29) is 11.7 Å². The number of amides is 1. The van der Waals surface area contributed by atoms with E-state index in [1.54, 1.807) is 16.6 Å². The third kappa shape index (κ3) is 5.63. The summed E-state index contributed by atoms with van der Waals surface area (Å²) in [5.74, 6) is -0.378. The summed E-state index contributed by atoms with van der Waals surface area (Å²) in [4.78, 5) is 17.2. The van der Waals surface area contributed by atoms with Crippen molar-refractivity contribution in [1.82, 2.24) is 14.9 Å². The summed E-state index contributed by atoms with van der Waals surface area (Å²) in [5.41, 5.74) is 4.98. The van der Waals surface area contributed by atoms with Crippen LogP contribution in [0.15, 0.2) is 72.9 Å². The van der Waals surface area contributed by atoms with Gasteiger partial charge >= 0.3 is 6.36 Å². The number of alkyl halides is 3. The molecule has 7 nitrogen and oxygen atoms in total. The molecule has 2 aromatic heterocycles. The zero-order valence-corrected chi connectivity index (χ0v) is 20.2. The van der Waals surface area contributed by atoms with Gasteiger partial charge in [-0.1, -0.05) is 18.2 Å². The van der Waals surface area contributed by atoms with Crippen molar-refractivity contribution in [2.45, 2.75) is 19.8 Å². The van der Waals surface area contributed by atoms with Crippen LogP contribution < -0.4 is 19.9 Å². The van der Waals surface area contributed by atoms with Crippen LogP contribution in [-0.4, -0.2) is 48.1 Å². The largest absolute Gasteiger partial charge is 0.573 e. The maximum absolute atomic E-state index is 12.8. The SMILES string of the molecule is Cc1nn2ccccc2c1C(=O)NCc1ccc(N2CCN(c3ccc(OC(F)(F)F)cc3)CC2)cc1. The summed E-state index contributed by atoms with van der Waals surface area (Å²) in [6.07, 6.45) is -2.87. The van der Waals surface area contributed by atoms with E-state index in [4.69, 9.17) is 0 Å². The zero-order valence-electron chi connectivity index (χ0n) is 20.2. The van der Waals surface area contributed by atoms with Crippen LogP contribution >= 0.6 is 0 Å². The number of fused-ring (bicyclic) bond motifs is 1. The van der Waals surface area contributed by atoms with Gasteiger partial charge in [0.25, 0.3) is 5.91 Å². The van der Waals surface area contributed by atoms with E-state index < -0.39 is 6.36 Å². The number of hydrogen-bond donors (Lipinski definition) is 1. The highest BCUT2D eigenvalue weighted by Crippen LogP contribution is 2.27. The number of halogens is 3. The number of aryl methyl sites for hydroxylation is 1. The highest BCUT2D eigenvalue weighted by atomic mass is 19.4. The molecule has 10 heteroatoms. The van der Waals surface area contributed by atoms with Gasteiger partial charge in [0, 0.05) is 50.3 Å². The molecule has 2 aromatic carbocycles. The minimum atomic E-state index is -4.69. The standard InChI is InChI=1S/C27H26F3N5O2/c1-19-25(24-4-2-3-13-35(24)32-19)26(36)31-18-20-5-7-21(8-6-20)33-14-16-34(17-15-33)22-9-11-23(12-10-22)37-27(28,29)30/h2-13H,14-18H2,1H3,(H,31,36). The van der Waals surface area contributed by atoms with Gasteiger partial charge in [0.2, 0.25) is 0 Å². The van der Waals surface area contributed by atoms with Crippen molar-refractivity contribution in [3.63, 3.8) is 0 Å². The molecule has 1 N–H and O–H groups in total. The molecule has 192 valence electrons. The molecule has 0 unspecified atom stereocenters. The second-order valence-corrected chi connectivity index (χ2v) is 8.86. The summed E-state index contributed by atoms with van der Waals surface area (Å²) in [7, 11) is 0. The molecule has 1 amide bonds. The number of anilines is 2. The Morgan fingerprint density at radius 3 is 2.11 bits per heavy atom. The third-order valence-corrected chi connectivity index (χ3v) is 6.41. The predicted molar refractivity (Wildman–Crippen MR) is 135 cm³/mol. The van der Waals surface area contributed by atoms with Crippen molar-refractivity contribution >= 4 is 22.8 Å². The van der Waals surface area contributed by atoms with Crippen molar-refractivity contribution in [3.8, 4) is 5.75 Å². The minimum Gasteiger partial charge on any atom is -0.406 e. The van der Waals surface area contributed by atoms with Gasteiger partial charge in [-0.2, -0.15) is 5.10 Å². The van der Waals surface area contributed by atoms with E-state index in [1.165, 1.54) is 12.1 Å². The molecule has 1 aliphatic heterocycles. The summed E-state index contributed by atoms with van der Waals surface area (Å²) < 4.78 is 42.8. The fourth-order valence-electron chi connectivity index (χ4n) is 4.57. The van der Waals surface area contributed by atoms with E-state index in [1.807, 2.05) is 55.6 Å². The summed E-state index contributed by atoms with van der Waals surface area (Å²) in [6, 6.07) is 19.7. The Kier molecular flexibility index (Phi) is 6.64. The van der Waals surface area contributed by atoms with E-state index in [9.17, 15) is 18.0 Å². The van der Waals surface area contributed by atoms with Crippen molar-refractivity contribution in [2.24, 2.45) is 0 Å². The highest BCUT2D eigenvalue weighted by molar-refractivity contribution is 6.01. The molecule has 5 rings (SSSR count). The Morgan fingerprint density at radius 2 is 1.51 bits per heavy atom. The predicted octanol–water partition coefficient (Wildman–Crippen LogP) is 4.80. The van der Waals surface area contributed by atoms with Crippen LogP contribution in [0.4, 0.5) is 24.5 Å². The minimum absolute atomic E-state index is 0.156. The lowest BCUT2D eigenvalue weighted by molar-refractivity contribution is -0.274. The van der Waals surface area contributed by atoms with Crippen molar-refractivity contribution < 1.29 is 22.7 Å². The summed E-state index contributed by atoms with van der Waals surface area (Å²) >= 11 is 0. The van der Waals surface area contributed by atoms with Gasteiger partial charge in [0.1, 0.15) is 5.75 Å². The van der Waals surface area contributed by atoms with E-state index in [2.05, 4.69) is 25.0 Å². The van der Waals surface area contributed by atoms with Gasteiger partial charge in [0.15, 0.2) is 0 Å². The number of nitrogens with zero attached hydrogens (tertiary/aromatic N) is 4. The van der Waals surface area contributed by atoms with Gasteiger partial charge in [-0.25, -0.2) is 4.52 Å². The summed E-state index contributed by atoms with van der Waals surface area (Å²) in [6.45, 7) is 5.29. The fourth-order valence-corrected chi connectivity index (χ4v) is 4.57. The smallest absolute Gasteiger partial charge is 0.406 e. The van der Waals surface area contributed by atoms with Crippen molar-refractivity contribution in [3.05, 3.63) is 89.7 Å². The third-order valence-electron chi connectivity index (χ3n) is 6.41. The number of aromatic nitrogens is 2. The lowest BCUT2D eigenvalue weighted by atomic mass is 10.1. The average molecular weight is 510 g/mol. The number of ether oxygens (including phenoxy) is 1. The van der Waals surface area contributed by atoms with Crippen LogP contribution in [0, 0.1) is 6.92 Å². The molecule has 0 radical (unpaired) electrons. The highest BCUT2D eigenvalue weighted by Gasteiger charge is 2.31. The van der Waals surface area contributed by atoms with Gasteiger partial charge in [-0.05, 0) is 61.0 Å². The molecule has 0 aliphatic carbocycles. The molecule has 1 fully saturated rings. The van der Waals surface area contributed by atoms with Crippen LogP contribution in [0.25, 0.3) is 5.52 Å². The number of hydrogen-bond acceptors (Lipinski definition) is 5. The molecule has 0 saturated carbocycles. The van der Waals surface area contributed by atoms with Crippen LogP contribution in [0.3, 0.4) is 0 Å².